The highest BCUT2D eigenvalue weighted by molar-refractivity contribution is 5.79. The van der Waals surface area contributed by atoms with E-state index in [2.05, 4.69) is 4.98 Å². The fourth-order valence-corrected chi connectivity index (χ4v) is 4.03. The maximum absolute atomic E-state index is 13.0. The van der Waals surface area contributed by atoms with Crippen molar-refractivity contribution < 1.29 is 23.8 Å². The van der Waals surface area contributed by atoms with Crippen LogP contribution in [0.5, 0.6) is 11.5 Å². The van der Waals surface area contributed by atoms with Crippen LogP contribution in [0.25, 0.3) is 0 Å². The Kier molecular flexibility index (Phi) is 6.77. The van der Waals surface area contributed by atoms with Gasteiger partial charge in [0.05, 0.1) is 24.6 Å². The number of carboxylic acids is 1. The van der Waals surface area contributed by atoms with E-state index in [0.29, 0.717) is 18.2 Å². The molecular formula is C26H28N2O5. The van der Waals surface area contributed by atoms with Gasteiger partial charge in [0, 0.05) is 13.0 Å². The Morgan fingerprint density at radius 3 is 2.70 bits per heavy atom. The number of aromatic nitrogens is 1. The third kappa shape index (κ3) is 5.42. The minimum atomic E-state index is -0.886. The molecule has 0 aliphatic carbocycles. The fraction of sp³-hybridized carbons (Fsp3) is 0.346. The number of hydrogen-bond donors (Lipinski definition) is 1. The Labute approximate surface area is 193 Å². The van der Waals surface area contributed by atoms with Crippen LogP contribution in [-0.2, 0) is 22.4 Å². The molecule has 1 aliphatic rings. The van der Waals surface area contributed by atoms with E-state index in [-0.39, 0.29) is 24.8 Å². The molecule has 2 atom stereocenters. The van der Waals surface area contributed by atoms with E-state index in [9.17, 15) is 9.59 Å². The SMILES string of the molecule is Cc1ccccc1Oc1ccc(CC(=O)N2CCCC2c2cnc(CC(C)C(=O)O)o2)cc1. The zero-order chi connectivity index (χ0) is 23.4. The number of para-hydroxylation sites is 1. The number of nitrogens with zero attached hydrogens (tertiary/aromatic N) is 2. The quantitative estimate of drug-likeness (QED) is 0.524. The van der Waals surface area contributed by atoms with Gasteiger partial charge in [-0.2, -0.15) is 0 Å². The average Bonchev–Trinajstić information content (AvgIpc) is 3.46. The molecule has 0 radical (unpaired) electrons. The number of oxazole rings is 1. The molecule has 1 fully saturated rings. The van der Waals surface area contributed by atoms with E-state index in [4.69, 9.17) is 14.3 Å². The summed E-state index contributed by atoms with van der Waals surface area (Å²) in [6.45, 7) is 4.29. The highest BCUT2D eigenvalue weighted by Crippen LogP contribution is 2.33. The minimum Gasteiger partial charge on any atom is -0.481 e. The normalized spacial score (nSPS) is 16.5. The van der Waals surface area contributed by atoms with Crippen LogP contribution < -0.4 is 4.74 Å². The van der Waals surface area contributed by atoms with E-state index < -0.39 is 11.9 Å². The molecule has 1 amide bonds. The van der Waals surface area contributed by atoms with E-state index in [1.807, 2.05) is 60.4 Å². The van der Waals surface area contributed by atoms with Crippen LogP contribution in [0.1, 0.15) is 48.6 Å². The van der Waals surface area contributed by atoms with Crippen molar-refractivity contribution in [3.05, 3.63) is 77.5 Å². The van der Waals surface area contributed by atoms with Crippen LogP contribution in [0.2, 0.25) is 0 Å². The molecule has 1 N–H and O–H groups in total. The number of carbonyl (C=O) groups excluding carboxylic acids is 1. The van der Waals surface area contributed by atoms with Gasteiger partial charge in [0.2, 0.25) is 5.91 Å². The topological polar surface area (TPSA) is 92.9 Å². The van der Waals surface area contributed by atoms with Gasteiger partial charge < -0.3 is 19.2 Å². The molecule has 1 aliphatic heterocycles. The molecule has 172 valence electrons. The summed E-state index contributed by atoms with van der Waals surface area (Å²) in [6.07, 6.45) is 3.84. The summed E-state index contributed by atoms with van der Waals surface area (Å²) in [4.78, 5) is 30.2. The van der Waals surface area contributed by atoms with Crippen LogP contribution in [0.3, 0.4) is 0 Å². The molecule has 0 saturated carbocycles. The summed E-state index contributed by atoms with van der Waals surface area (Å²) < 4.78 is 11.8. The maximum Gasteiger partial charge on any atom is 0.306 e. The fourth-order valence-electron chi connectivity index (χ4n) is 4.03. The molecule has 0 spiro atoms. The van der Waals surface area contributed by atoms with Crippen molar-refractivity contribution in [3.63, 3.8) is 0 Å². The zero-order valence-electron chi connectivity index (χ0n) is 18.9. The van der Waals surface area contributed by atoms with E-state index >= 15 is 0 Å². The van der Waals surface area contributed by atoms with Crippen molar-refractivity contribution >= 4 is 11.9 Å². The van der Waals surface area contributed by atoms with Crippen molar-refractivity contribution in [1.82, 2.24) is 9.88 Å². The zero-order valence-corrected chi connectivity index (χ0v) is 18.9. The first-order chi connectivity index (χ1) is 15.9. The summed E-state index contributed by atoms with van der Waals surface area (Å²) in [5.41, 5.74) is 1.97. The molecular weight excluding hydrogens is 420 g/mol. The molecule has 1 saturated heterocycles. The summed E-state index contributed by atoms with van der Waals surface area (Å²) in [5, 5.41) is 9.09. The van der Waals surface area contributed by atoms with Crippen molar-refractivity contribution in [2.24, 2.45) is 5.92 Å². The van der Waals surface area contributed by atoms with Gasteiger partial charge in [0.25, 0.3) is 0 Å². The Balaban J connectivity index is 1.38. The molecule has 33 heavy (non-hydrogen) atoms. The lowest BCUT2D eigenvalue weighted by Crippen LogP contribution is -2.31. The van der Waals surface area contributed by atoms with E-state index in [1.54, 1.807) is 13.1 Å². The standard InChI is InChI=1S/C26H28N2O5/c1-17-6-3-4-8-22(17)32-20-11-9-19(10-12-20)15-25(29)28-13-5-7-21(28)23-16-27-24(33-23)14-18(2)26(30)31/h3-4,6,8-12,16,18,21H,5,7,13-15H2,1-2H3,(H,30,31). The number of amides is 1. The predicted molar refractivity (Wildman–Crippen MR) is 122 cm³/mol. The lowest BCUT2D eigenvalue weighted by atomic mass is 10.1. The van der Waals surface area contributed by atoms with Crippen LogP contribution in [0, 0.1) is 12.8 Å². The minimum absolute atomic E-state index is 0.0296. The van der Waals surface area contributed by atoms with Crippen LogP contribution >= 0.6 is 0 Å². The van der Waals surface area contributed by atoms with Gasteiger partial charge in [-0.05, 0) is 49.1 Å². The van der Waals surface area contributed by atoms with Crippen molar-refractivity contribution in [2.75, 3.05) is 6.54 Å². The largest absolute Gasteiger partial charge is 0.481 e. The van der Waals surface area contributed by atoms with E-state index in [1.165, 1.54) is 0 Å². The second kappa shape index (κ2) is 9.90. The van der Waals surface area contributed by atoms with Gasteiger partial charge >= 0.3 is 5.97 Å². The third-order valence-electron chi connectivity index (χ3n) is 5.98. The Hall–Kier alpha value is -3.61. The highest BCUT2D eigenvalue weighted by atomic mass is 16.5. The molecule has 4 rings (SSSR count). The van der Waals surface area contributed by atoms with Gasteiger partial charge in [-0.3, -0.25) is 9.59 Å². The van der Waals surface area contributed by atoms with Crippen LogP contribution in [0.4, 0.5) is 0 Å². The molecule has 1 aromatic heterocycles. The average molecular weight is 449 g/mol. The lowest BCUT2D eigenvalue weighted by Gasteiger charge is -2.23. The summed E-state index contributed by atoms with van der Waals surface area (Å²) in [5.74, 6) is 1.12. The number of aliphatic carboxylic acids is 1. The van der Waals surface area contributed by atoms with Gasteiger partial charge in [-0.25, -0.2) is 4.98 Å². The number of carbonyl (C=O) groups is 2. The second-order valence-electron chi connectivity index (χ2n) is 8.53. The smallest absolute Gasteiger partial charge is 0.306 e. The number of aryl methyl sites for hydroxylation is 1. The van der Waals surface area contributed by atoms with Crippen LogP contribution in [-0.4, -0.2) is 33.4 Å². The highest BCUT2D eigenvalue weighted by Gasteiger charge is 2.32. The maximum atomic E-state index is 13.0. The first-order valence-electron chi connectivity index (χ1n) is 11.2. The number of carboxylic acid groups (broad SMARTS) is 1. The van der Waals surface area contributed by atoms with E-state index in [0.717, 1.165) is 35.5 Å². The lowest BCUT2D eigenvalue weighted by molar-refractivity contribution is -0.141. The Bertz CT molecular complexity index is 1120. The van der Waals surface area contributed by atoms with Crippen molar-refractivity contribution in [1.29, 1.82) is 0 Å². The molecule has 3 aromatic rings. The van der Waals surface area contributed by atoms with Gasteiger partial charge in [0.1, 0.15) is 17.3 Å². The molecule has 2 heterocycles. The van der Waals surface area contributed by atoms with Gasteiger partial charge in [-0.1, -0.05) is 37.3 Å². The number of rotatable bonds is 8. The van der Waals surface area contributed by atoms with Crippen molar-refractivity contribution in [3.8, 4) is 11.5 Å². The van der Waals surface area contributed by atoms with Gasteiger partial charge in [-0.15, -0.1) is 0 Å². The predicted octanol–water partition coefficient (Wildman–Crippen LogP) is 4.94. The van der Waals surface area contributed by atoms with Crippen molar-refractivity contribution in [2.45, 2.75) is 45.6 Å². The first kappa shape index (κ1) is 22.6. The molecule has 2 aromatic carbocycles. The monoisotopic (exact) mass is 448 g/mol. The third-order valence-corrected chi connectivity index (χ3v) is 5.98. The number of benzene rings is 2. The summed E-state index contributed by atoms with van der Waals surface area (Å²) >= 11 is 0. The molecule has 7 heteroatoms. The first-order valence-corrected chi connectivity index (χ1v) is 11.2. The summed E-state index contributed by atoms with van der Waals surface area (Å²) in [7, 11) is 0. The molecule has 7 nitrogen and oxygen atoms in total. The number of ether oxygens (including phenoxy) is 1. The Morgan fingerprint density at radius 2 is 1.97 bits per heavy atom. The molecule has 2 unspecified atom stereocenters. The number of likely N-dealkylation sites (tertiary alicyclic amines) is 1. The van der Waals surface area contributed by atoms with Gasteiger partial charge in [0.15, 0.2) is 5.89 Å². The second-order valence-corrected chi connectivity index (χ2v) is 8.53. The number of hydrogen-bond acceptors (Lipinski definition) is 5. The Morgan fingerprint density at radius 1 is 1.21 bits per heavy atom. The van der Waals surface area contributed by atoms with Crippen LogP contribution in [0.15, 0.2) is 59.1 Å². The summed E-state index contributed by atoms with van der Waals surface area (Å²) in [6, 6.07) is 15.3. The molecule has 0 bridgehead atoms.